The van der Waals surface area contributed by atoms with Crippen LogP contribution in [0.5, 0.6) is 5.75 Å². The van der Waals surface area contributed by atoms with Crippen molar-refractivity contribution in [3.8, 4) is 17.1 Å². The summed E-state index contributed by atoms with van der Waals surface area (Å²) in [6.45, 7) is 2.06. The van der Waals surface area contributed by atoms with E-state index >= 15 is 0 Å². The molecule has 0 aliphatic heterocycles. The molecule has 3 aromatic rings. The van der Waals surface area contributed by atoms with Crippen molar-refractivity contribution in [1.29, 1.82) is 0 Å². The first-order valence-electron chi connectivity index (χ1n) is 8.17. The number of aryl methyl sites for hydroxylation is 1. The summed E-state index contributed by atoms with van der Waals surface area (Å²) in [5.74, 6) is 0.614. The number of halogens is 1. The summed E-state index contributed by atoms with van der Waals surface area (Å²) in [5.41, 5.74) is 2.21. The molecule has 9 heteroatoms. The van der Waals surface area contributed by atoms with Gasteiger partial charge >= 0.3 is 5.97 Å². The Labute approximate surface area is 164 Å². The minimum absolute atomic E-state index is 0.302. The first-order chi connectivity index (χ1) is 13.0. The Hall–Kier alpha value is -2.94. The highest BCUT2D eigenvalue weighted by atomic mass is 79.9. The third kappa shape index (κ3) is 4.25. The van der Waals surface area contributed by atoms with Crippen LogP contribution in [0, 0.1) is 0 Å². The molecule has 0 saturated heterocycles. The topological polar surface area (TPSA) is 91.2 Å². The standard InChI is InChI=1S/C18H18BrN5O3/c1-4-27-17(25)15-10-14(23-24(15)2)12-7-8-20-18(21-12)22-13-6-5-11(19)9-16(13)26-3/h5-10H,4H2,1-3H3,(H,20,21,22). The van der Waals surface area contributed by atoms with Gasteiger partial charge in [0.05, 0.1) is 25.1 Å². The first kappa shape index (κ1) is 18.8. The number of benzene rings is 1. The second-order valence-corrected chi connectivity index (χ2v) is 6.41. The van der Waals surface area contributed by atoms with Gasteiger partial charge in [-0.2, -0.15) is 5.10 Å². The van der Waals surface area contributed by atoms with E-state index in [0.29, 0.717) is 35.4 Å². The Morgan fingerprint density at radius 3 is 2.81 bits per heavy atom. The molecule has 0 atom stereocenters. The van der Waals surface area contributed by atoms with Gasteiger partial charge in [-0.05, 0) is 31.2 Å². The third-order valence-electron chi connectivity index (χ3n) is 3.69. The van der Waals surface area contributed by atoms with Crippen molar-refractivity contribution in [3.63, 3.8) is 0 Å². The van der Waals surface area contributed by atoms with Gasteiger partial charge < -0.3 is 14.8 Å². The highest BCUT2D eigenvalue weighted by molar-refractivity contribution is 9.10. The molecule has 2 heterocycles. The predicted molar refractivity (Wildman–Crippen MR) is 104 cm³/mol. The van der Waals surface area contributed by atoms with Gasteiger partial charge in [-0.3, -0.25) is 4.68 Å². The number of rotatable bonds is 6. The molecule has 0 spiro atoms. The smallest absolute Gasteiger partial charge is 0.356 e. The number of carbonyl (C=O) groups excluding carboxylic acids is 1. The molecule has 2 aromatic heterocycles. The van der Waals surface area contributed by atoms with Crippen molar-refractivity contribution >= 4 is 33.5 Å². The van der Waals surface area contributed by atoms with E-state index in [1.807, 2.05) is 18.2 Å². The molecule has 3 rings (SSSR count). The molecular weight excluding hydrogens is 414 g/mol. The zero-order valence-corrected chi connectivity index (χ0v) is 16.6. The molecule has 0 fully saturated rings. The molecule has 140 valence electrons. The molecule has 27 heavy (non-hydrogen) atoms. The summed E-state index contributed by atoms with van der Waals surface area (Å²) in [5, 5.41) is 7.48. The minimum Gasteiger partial charge on any atom is -0.495 e. The van der Waals surface area contributed by atoms with Crippen LogP contribution in [0.15, 0.2) is 41.0 Å². The van der Waals surface area contributed by atoms with Crippen LogP contribution in [0.3, 0.4) is 0 Å². The van der Waals surface area contributed by atoms with Crippen molar-refractivity contribution in [2.24, 2.45) is 7.05 Å². The summed E-state index contributed by atoms with van der Waals surface area (Å²) in [6.07, 6.45) is 1.62. The first-order valence-corrected chi connectivity index (χ1v) is 8.96. The van der Waals surface area contributed by atoms with E-state index < -0.39 is 5.97 Å². The molecule has 1 N–H and O–H groups in total. The van der Waals surface area contributed by atoms with Gasteiger partial charge in [0.25, 0.3) is 0 Å². The molecule has 0 unspecified atom stereocenters. The lowest BCUT2D eigenvalue weighted by molar-refractivity contribution is 0.0513. The molecule has 0 bridgehead atoms. The Morgan fingerprint density at radius 1 is 1.26 bits per heavy atom. The number of anilines is 2. The van der Waals surface area contributed by atoms with Crippen LogP contribution in [0.2, 0.25) is 0 Å². The van der Waals surface area contributed by atoms with Crippen LogP contribution < -0.4 is 10.1 Å². The summed E-state index contributed by atoms with van der Waals surface area (Å²) >= 11 is 3.41. The van der Waals surface area contributed by atoms with Gasteiger partial charge in [-0.1, -0.05) is 15.9 Å². The highest BCUT2D eigenvalue weighted by Gasteiger charge is 2.16. The van der Waals surface area contributed by atoms with Gasteiger partial charge in [0.2, 0.25) is 5.95 Å². The summed E-state index contributed by atoms with van der Waals surface area (Å²) in [6, 6.07) is 8.96. The maximum Gasteiger partial charge on any atom is 0.356 e. The number of esters is 1. The number of methoxy groups -OCH3 is 1. The molecule has 0 radical (unpaired) electrons. The molecular formula is C18H18BrN5O3. The monoisotopic (exact) mass is 431 g/mol. The van der Waals surface area contributed by atoms with Gasteiger partial charge in [0, 0.05) is 23.8 Å². The Bertz CT molecular complexity index is 973. The molecule has 0 aliphatic carbocycles. The van der Waals surface area contributed by atoms with Crippen LogP contribution in [-0.4, -0.2) is 39.4 Å². The predicted octanol–water partition coefficient (Wildman–Crippen LogP) is 3.57. The molecule has 0 saturated carbocycles. The summed E-state index contributed by atoms with van der Waals surface area (Å²) < 4.78 is 12.8. The zero-order valence-electron chi connectivity index (χ0n) is 15.1. The van der Waals surface area contributed by atoms with Gasteiger partial charge in [0.1, 0.15) is 17.1 Å². The number of nitrogens with one attached hydrogen (secondary N) is 1. The summed E-state index contributed by atoms with van der Waals surface area (Å²) in [4.78, 5) is 20.7. The van der Waals surface area contributed by atoms with E-state index in [2.05, 4.69) is 36.3 Å². The minimum atomic E-state index is -0.425. The number of aromatic nitrogens is 4. The lowest BCUT2D eigenvalue weighted by atomic mass is 10.2. The molecule has 0 amide bonds. The maximum atomic E-state index is 12.0. The van der Waals surface area contributed by atoms with E-state index in [1.54, 1.807) is 39.4 Å². The van der Waals surface area contributed by atoms with Crippen molar-refractivity contribution in [2.75, 3.05) is 19.0 Å². The van der Waals surface area contributed by atoms with Gasteiger partial charge in [-0.25, -0.2) is 14.8 Å². The molecule has 8 nitrogen and oxygen atoms in total. The SMILES string of the molecule is CCOC(=O)c1cc(-c2ccnc(Nc3ccc(Br)cc3OC)n2)nn1C. The fraction of sp³-hybridized carbons (Fsp3) is 0.222. The Balaban J connectivity index is 1.88. The Morgan fingerprint density at radius 2 is 2.07 bits per heavy atom. The van der Waals surface area contributed by atoms with E-state index in [1.165, 1.54) is 4.68 Å². The second-order valence-electron chi connectivity index (χ2n) is 5.49. The largest absolute Gasteiger partial charge is 0.495 e. The van der Waals surface area contributed by atoms with Crippen LogP contribution in [0.25, 0.3) is 11.4 Å². The average molecular weight is 432 g/mol. The molecule has 0 aliphatic rings. The van der Waals surface area contributed by atoms with E-state index in [4.69, 9.17) is 9.47 Å². The fourth-order valence-corrected chi connectivity index (χ4v) is 2.78. The third-order valence-corrected chi connectivity index (χ3v) is 4.19. The van der Waals surface area contributed by atoms with Crippen LogP contribution in [0.1, 0.15) is 17.4 Å². The van der Waals surface area contributed by atoms with Crippen LogP contribution in [-0.2, 0) is 11.8 Å². The maximum absolute atomic E-state index is 12.0. The lowest BCUT2D eigenvalue weighted by Crippen LogP contribution is -2.10. The van der Waals surface area contributed by atoms with Crippen molar-refractivity contribution in [1.82, 2.24) is 19.7 Å². The number of hydrogen-bond donors (Lipinski definition) is 1. The second kappa shape index (κ2) is 8.17. The van der Waals surface area contributed by atoms with E-state index in [9.17, 15) is 4.79 Å². The lowest BCUT2D eigenvalue weighted by Gasteiger charge is -2.10. The number of nitrogens with zero attached hydrogens (tertiary/aromatic N) is 4. The Kier molecular flexibility index (Phi) is 5.70. The fourth-order valence-electron chi connectivity index (χ4n) is 2.44. The zero-order chi connectivity index (χ0) is 19.4. The van der Waals surface area contributed by atoms with Gasteiger partial charge in [-0.15, -0.1) is 0 Å². The molecule has 1 aromatic carbocycles. The quantitative estimate of drug-likeness (QED) is 0.596. The van der Waals surface area contributed by atoms with E-state index in [0.717, 1.165) is 10.2 Å². The average Bonchev–Trinajstić information content (AvgIpc) is 3.05. The van der Waals surface area contributed by atoms with Crippen molar-refractivity contribution in [2.45, 2.75) is 6.92 Å². The van der Waals surface area contributed by atoms with Crippen LogP contribution >= 0.6 is 15.9 Å². The highest BCUT2D eigenvalue weighted by Crippen LogP contribution is 2.30. The van der Waals surface area contributed by atoms with Crippen molar-refractivity contribution < 1.29 is 14.3 Å². The number of carbonyl (C=O) groups is 1. The number of ether oxygens (including phenoxy) is 2. The normalized spacial score (nSPS) is 10.5. The summed E-state index contributed by atoms with van der Waals surface area (Å²) in [7, 11) is 3.28. The number of hydrogen-bond acceptors (Lipinski definition) is 7. The van der Waals surface area contributed by atoms with Gasteiger partial charge in [0.15, 0.2) is 0 Å². The van der Waals surface area contributed by atoms with Crippen molar-refractivity contribution in [3.05, 3.63) is 46.7 Å². The van der Waals surface area contributed by atoms with Crippen LogP contribution in [0.4, 0.5) is 11.6 Å². The van der Waals surface area contributed by atoms with E-state index in [-0.39, 0.29) is 0 Å².